The number of nitrogens with two attached hydrogens (primary N) is 1. The molecule has 1 saturated heterocycles. The van der Waals surface area contributed by atoms with Gasteiger partial charge in [0.2, 0.25) is 0 Å². The Labute approximate surface area is 160 Å². The minimum absolute atomic E-state index is 0.210. The lowest BCUT2D eigenvalue weighted by Gasteiger charge is -2.14. The molecule has 1 aromatic carbocycles. The number of hydrogen-bond donors (Lipinski definition) is 1. The molecule has 144 valence electrons. The Bertz CT molecular complexity index is 775. The van der Waals surface area contributed by atoms with Crippen LogP contribution in [0.4, 0.5) is 4.79 Å². The number of thioether (sulfide) groups is 1. The maximum absolute atomic E-state index is 12.4. The molecule has 2 N–H and O–H groups in total. The van der Waals surface area contributed by atoms with Crippen molar-refractivity contribution in [3.8, 4) is 5.75 Å². The lowest BCUT2D eigenvalue weighted by atomic mass is 10.2. The highest BCUT2D eigenvalue weighted by Gasteiger charge is 2.36. The van der Waals surface area contributed by atoms with E-state index < -0.39 is 29.6 Å². The summed E-state index contributed by atoms with van der Waals surface area (Å²) in [5, 5.41) is -0.520. The Kier molecular flexibility index (Phi) is 7.00. The van der Waals surface area contributed by atoms with Crippen LogP contribution in [0.3, 0.4) is 0 Å². The molecule has 0 spiro atoms. The predicted molar refractivity (Wildman–Crippen MR) is 99.7 cm³/mol. The van der Waals surface area contributed by atoms with E-state index >= 15 is 0 Å². The van der Waals surface area contributed by atoms with Gasteiger partial charge in [0.1, 0.15) is 12.3 Å². The van der Waals surface area contributed by atoms with Crippen LogP contribution in [-0.4, -0.2) is 47.2 Å². The third-order valence-electron chi connectivity index (χ3n) is 3.63. The summed E-state index contributed by atoms with van der Waals surface area (Å²) < 4.78 is 10.3. The molecular formula is C18H20N2O6S. The fraction of sp³-hybridized carbons (Fsp3) is 0.333. The highest BCUT2D eigenvalue weighted by molar-refractivity contribution is 8.18. The highest BCUT2D eigenvalue weighted by atomic mass is 32.2. The Morgan fingerprint density at radius 2 is 1.93 bits per heavy atom. The normalized spacial score (nSPS) is 16.5. The first-order chi connectivity index (χ1) is 12.8. The van der Waals surface area contributed by atoms with Crippen LogP contribution in [0.1, 0.15) is 25.8 Å². The molecule has 0 aliphatic carbocycles. The molecule has 8 nitrogen and oxygen atoms in total. The first kappa shape index (κ1) is 20.5. The number of primary amides is 1. The van der Waals surface area contributed by atoms with Gasteiger partial charge in [-0.2, -0.15) is 0 Å². The third-order valence-corrected chi connectivity index (χ3v) is 4.53. The van der Waals surface area contributed by atoms with Crippen molar-refractivity contribution in [3.63, 3.8) is 0 Å². The highest BCUT2D eigenvalue weighted by Crippen LogP contribution is 2.32. The molecule has 1 heterocycles. The summed E-state index contributed by atoms with van der Waals surface area (Å²) in [4.78, 5) is 48.0. The van der Waals surface area contributed by atoms with Crippen LogP contribution in [0.2, 0.25) is 0 Å². The summed E-state index contributed by atoms with van der Waals surface area (Å²) >= 11 is 0.760. The van der Waals surface area contributed by atoms with Crippen LogP contribution in [0.25, 0.3) is 6.08 Å². The number of benzene rings is 1. The number of carbonyl (C=O) groups excluding carboxylic acids is 4. The van der Waals surface area contributed by atoms with E-state index in [0.717, 1.165) is 16.7 Å². The second kappa shape index (κ2) is 9.22. The average molecular weight is 392 g/mol. The molecule has 0 unspecified atom stereocenters. The number of hydrogen-bond acceptors (Lipinski definition) is 7. The maximum Gasteiger partial charge on any atom is 0.326 e. The molecule has 0 radical (unpaired) electrons. The molecule has 3 amide bonds. The van der Waals surface area contributed by atoms with Crippen LogP contribution in [-0.2, 0) is 19.1 Å². The van der Waals surface area contributed by atoms with Gasteiger partial charge >= 0.3 is 5.97 Å². The molecule has 1 atom stereocenters. The number of rotatable bonds is 8. The lowest BCUT2D eigenvalue weighted by molar-refractivity contribution is -0.150. The molecule has 0 aromatic heterocycles. The maximum atomic E-state index is 12.4. The van der Waals surface area contributed by atoms with Crippen LogP contribution in [0, 0.1) is 0 Å². The van der Waals surface area contributed by atoms with E-state index in [9.17, 15) is 19.2 Å². The molecular weight excluding hydrogens is 372 g/mol. The van der Waals surface area contributed by atoms with Gasteiger partial charge in [-0.05, 0) is 48.9 Å². The number of esters is 1. The van der Waals surface area contributed by atoms with E-state index in [4.69, 9.17) is 15.2 Å². The van der Waals surface area contributed by atoms with Gasteiger partial charge in [-0.25, -0.2) is 0 Å². The van der Waals surface area contributed by atoms with Crippen molar-refractivity contribution in [2.24, 2.45) is 5.73 Å². The molecule has 0 saturated carbocycles. The molecule has 1 fully saturated rings. The first-order valence-corrected chi connectivity index (χ1v) is 9.07. The minimum Gasteiger partial charge on any atom is -0.484 e. The van der Waals surface area contributed by atoms with Crippen LogP contribution < -0.4 is 10.5 Å². The summed E-state index contributed by atoms with van der Waals surface area (Å²) in [5.41, 5.74) is 5.67. The second-order valence-electron chi connectivity index (χ2n) is 5.80. The van der Waals surface area contributed by atoms with E-state index in [-0.39, 0.29) is 17.6 Å². The molecule has 0 bridgehead atoms. The number of amides is 3. The van der Waals surface area contributed by atoms with Crippen molar-refractivity contribution in [1.29, 1.82) is 0 Å². The van der Waals surface area contributed by atoms with Gasteiger partial charge in [0.15, 0.2) is 6.61 Å². The number of imide groups is 1. The Morgan fingerprint density at radius 3 is 2.52 bits per heavy atom. The van der Waals surface area contributed by atoms with Crippen molar-refractivity contribution in [1.82, 2.24) is 4.90 Å². The molecule has 2 rings (SSSR count). The van der Waals surface area contributed by atoms with Crippen LogP contribution in [0.15, 0.2) is 29.2 Å². The van der Waals surface area contributed by atoms with E-state index in [1.54, 1.807) is 37.3 Å². The summed E-state index contributed by atoms with van der Waals surface area (Å²) in [6, 6.07) is 6.56. The monoisotopic (exact) mass is 392 g/mol. The van der Waals surface area contributed by atoms with E-state index in [1.165, 1.54) is 0 Å². The van der Waals surface area contributed by atoms with Gasteiger partial charge in [0.25, 0.3) is 17.1 Å². The largest absolute Gasteiger partial charge is 0.484 e. The van der Waals surface area contributed by atoms with Gasteiger partial charge in [-0.3, -0.25) is 24.1 Å². The molecule has 1 aromatic rings. The fourth-order valence-corrected chi connectivity index (χ4v) is 2.91. The quantitative estimate of drug-likeness (QED) is 0.531. The molecule has 1 aliphatic rings. The van der Waals surface area contributed by atoms with Crippen molar-refractivity contribution >= 4 is 40.9 Å². The topological polar surface area (TPSA) is 116 Å². The standard InChI is InChI=1S/C18H20N2O6S/c1-3-11(2)26-16(22)9-20-17(23)14(27-18(20)24)8-12-4-6-13(7-5-12)25-10-15(19)21/h4-8,11H,3,9-10H2,1-2H3,(H2,19,21)/b14-8-/t11-/m0/s1. The van der Waals surface area contributed by atoms with Crippen molar-refractivity contribution in [2.45, 2.75) is 26.4 Å². The summed E-state index contributed by atoms with van der Waals surface area (Å²) in [5.74, 6) is -1.30. The van der Waals surface area contributed by atoms with Gasteiger partial charge in [0, 0.05) is 0 Å². The van der Waals surface area contributed by atoms with Crippen LogP contribution in [0.5, 0.6) is 5.75 Å². The first-order valence-electron chi connectivity index (χ1n) is 8.26. The summed E-state index contributed by atoms with van der Waals surface area (Å²) in [7, 11) is 0. The predicted octanol–water partition coefficient (Wildman–Crippen LogP) is 1.93. The summed E-state index contributed by atoms with van der Waals surface area (Å²) in [6.07, 6.45) is 1.92. The van der Waals surface area contributed by atoms with Gasteiger partial charge < -0.3 is 15.2 Å². The number of nitrogens with zero attached hydrogens (tertiary/aromatic N) is 1. The number of ether oxygens (including phenoxy) is 2. The average Bonchev–Trinajstić information content (AvgIpc) is 2.88. The van der Waals surface area contributed by atoms with Crippen molar-refractivity contribution < 1.29 is 28.7 Å². The molecule has 9 heteroatoms. The Hall–Kier alpha value is -2.81. The van der Waals surface area contributed by atoms with Gasteiger partial charge in [-0.15, -0.1) is 0 Å². The second-order valence-corrected chi connectivity index (χ2v) is 6.79. The molecule has 27 heavy (non-hydrogen) atoms. The molecule has 1 aliphatic heterocycles. The Balaban J connectivity index is 2.02. The third kappa shape index (κ3) is 5.85. The van der Waals surface area contributed by atoms with E-state index in [1.807, 2.05) is 6.92 Å². The lowest BCUT2D eigenvalue weighted by Crippen LogP contribution is -2.35. The minimum atomic E-state index is -0.621. The zero-order valence-electron chi connectivity index (χ0n) is 15.0. The van der Waals surface area contributed by atoms with Gasteiger partial charge in [-0.1, -0.05) is 19.1 Å². The van der Waals surface area contributed by atoms with Gasteiger partial charge in [0.05, 0.1) is 11.0 Å². The van der Waals surface area contributed by atoms with E-state index in [2.05, 4.69) is 0 Å². The zero-order valence-corrected chi connectivity index (χ0v) is 15.8. The van der Waals surface area contributed by atoms with E-state index in [0.29, 0.717) is 17.7 Å². The smallest absolute Gasteiger partial charge is 0.326 e. The summed E-state index contributed by atoms with van der Waals surface area (Å²) in [6.45, 7) is 2.96. The van der Waals surface area contributed by atoms with Crippen LogP contribution >= 0.6 is 11.8 Å². The number of carbonyl (C=O) groups is 4. The van der Waals surface area contributed by atoms with Crippen molar-refractivity contribution in [2.75, 3.05) is 13.2 Å². The zero-order chi connectivity index (χ0) is 20.0. The SMILES string of the molecule is CC[C@H](C)OC(=O)CN1C(=O)S/C(=C\c2ccc(OCC(N)=O)cc2)C1=O. The Morgan fingerprint density at radius 1 is 1.26 bits per heavy atom. The van der Waals surface area contributed by atoms with Crippen molar-refractivity contribution in [3.05, 3.63) is 34.7 Å². The fourth-order valence-electron chi connectivity index (χ4n) is 2.08.